The van der Waals surface area contributed by atoms with Crippen LogP contribution in [-0.2, 0) is 4.79 Å². The quantitative estimate of drug-likeness (QED) is 0.863. The lowest BCUT2D eigenvalue weighted by molar-refractivity contribution is -0.128. The van der Waals surface area contributed by atoms with Crippen molar-refractivity contribution in [3.05, 3.63) is 23.8 Å². The number of carbonyl (C=O) groups excluding carboxylic acids is 1. The van der Waals surface area contributed by atoms with Crippen LogP contribution in [0.15, 0.2) is 18.2 Å². The van der Waals surface area contributed by atoms with E-state index in [1.807, 2.05) is 25.1 Å². The molecular weight excluding hydrogens is 290 g/mol. The van der Waals surface area contributed by atoms with Gasteiger partial charge in [-0.3, -0.25) is 4.79 Å². The number of hydrogen-bond donors (Lipinski definition) is 1. The molecule has 1 atom stereocenters. The lowest BCUT2D eigenvalue weighted by atomic mass is 9.84. The van der Waals surface area contributed by atoms with Gasteiger partial charge in [-0.2, -0.15) is 0 Å². The molecule has 0 bridgehead atoms. The van der Waals surface area contributed by atoms with Crippen molar-refractivity contribution < 1.29 is 14.3 Å². The normalized spacial score (nSPS) is 19.9. The predicted molar refractivity (Wildman–Crippen MR) is 89.8 cm³/mol. The van der Waals surface area contributed by atoms with Crippen LogP contribution in [0.4, 0.5) is 0 Å². The molecule has 1 aromatic carbocycles. The van der Waals surface area contributed by atoms with Crippen molar-refractivity contribution in [2.24, 2.45) is 5.92 Å². The highest BCUT2D eigenvalue weighted by Gasteiger charge is 2.26. The van der Waals surface area contributed by atoms with Crippen LogP contribution in [0.5, 0.6) is 11.5 Å². The van der Waals surface area contributed by atoms with E-state index >= 15 is 0 Å². The summed E-state index contributed by atoms with van der Waals surface area (Å²) in [6.07, 6.45) is 8.27. The summed E-state index contributed by atoms with van der Waals surface area (Å²) in [5.41, 5.74) is 1.05. The van der Waals surface area contributed by atoms with Crippen LogP contribution in [0.1, 0.15) is 63.5 Å². The van der Waals surface area contributed by atoms with Gasteiger partial charge in [0, 0.05) is 5.92 Å². The molecule has 0 spiro atoms. The molecule has 0 unspecified atom stereocenters. The third-order valence-corrected chi connectivity index (χ3v) is 5.12. The third kappa shape index (κ3) is 3.80. The topological polar surface area (TPSA) is 47.6 Å². The molecule has 0 heterocycles. The Morgan fingerprint density at radius 2 is 1.87 bits per heavy atom. The maximum absolute atomic E-state index is 12.1. The van der Waals surface area contributed by atoms with Gasteiger partial charge in [0.1, 0.15) is 0 Å². The highest BCUT2D eigenvalue weighted by atomic mass is 16.5. The van der Waals surface area contributed by atoms with Gasteiger partial charge in [-0.15, -0.1) is 0 Å². The molecule has 126 valence electrons. The van der Waals surface area contributed by atoms with E-state index in [4.69, 9.17) is 9.47 Å². The van der Waals surface area contributed by atoms with E-state index in [1.54, 1.807) is 7.11 Å². The van der Waals surface area contributed by atoms with E-state index < -0.39 is 0 Å². The Bertz CT molecular complexity index is 548. The van der Waals surface area contributed by atoms with E-state index in [1.165, 1.54) is 19.3 Å². The number of methoxy groups -OCH3 is 1. The van der Waals surface area contributed by atoms with Crippen LogP contribution < -0.4 is 14.8 Å². The standard InChI is InChI=1S/C19H27NO3/c1-13(20-19(21)14-6-5-7-14)15-10-11-17(18(12-15)22-2)23-16-8-3-4-9-16/h10-14,16H,3-9H2,1-2H3,(H,20,21)/t13-/m0/s1. The van der Waals surface area contributed by atoms with Crippen molar-refractivity contribution in [2.75, 3.05) is 7.11 Å². The zero-order valence-corrected chi connectivity index (χ0v) is 14.1. The number of ether oxygens (including phenoxy) is 2. The average Bonchev–Trinajstić information content (AvgIpc) is 2.98. The molecule has 0 radical (unpaired) electrons. The molecule has 0 saturated heterocycles. The van der Waals surface area contributed by atoms with Gasteiger partial charge in [-0.1, -0.05) is 12.5 Å². The second kappa shape index (κ2) is 7.24. The van der Waals surface area contributed by atoms with E-state index in [2.05, 4.69) is 5.32 Å². The van der Waals surface area contributed by atoms with Crippen molar-refractivity contribution in [3.8, 4) is 11.5 Å². The number of hydrogen-bond acceptors (Lipinski definition) is 3. The number of carbonyl (C=O) groups is 1. The molecule has 4 heteroatoms. The lowest BCUT2D eigenvalue weighted by Gasteiger charge is -2.26. The second-order valence-corrected chi connectivity index (χ2v) is 6.79. The van der Waals surface area contributed by atoms with Crippen LogP contribution in [0, 0.1) is 5.92 Å². The Labute approximate surface area is 138 Å². The zero-order valence-electron chi connectivity index (χ0n) is 14.1. The van der Waals surface area contributed by atoms with Gasteiger partial charge in [-0.25, -0.2) is 0 Å². The predicted octanol–water partition coefficient (Wildman–Crippen LogP) is 3.99. The van der Waals surface area contributed by atoms with Crippen LogP contribution in [0.25, 0.3) is 0 Å². The highest BCUT2D eigenvalue weighted by molar-refractivity contribution is 5.79. The first-order chi connectivity index (χ1) is 11.2. The van der Waals surface area contributed by atoms with Crippen molar-refractivity contribution in [1.29, 1.82) is 0 Å². The first-order valence-electron chi connectivity index (χ1n) is 8.82. The molecule has 0 aromatic heterocycles. The monoisotopic (exact) mass is 317 g/mol. The zero-order chi connectivity index (χ0) is 16.2. The lowest BCUT2D eigenvalue weighted by Crippen LogP contribution is -2.35. The molecule has 1 aromatic rings. The molecule has 2 aliphatic rings. The van der Waals surface area contributed by atoms with Gasteiger partial charge in [-0.05, 0) is 63.1 Å². The van der Waals surface area contributed by atoms with Crippen LogP contribution in [-0.4, -0.2) is 19.1 Å². The Kier molecular flexibility index (Phi) is 5.09. The fourth-order valence-corrected chi connectivity index (χ4v) is 3.32. The first kappa shape index (κ1) is 16.2. The van der Waals surface area contributed by atoms with Crippen LogP contribution in [0.2, 0.25) is 0 Å². The summed E-state index contributed by atoms with van der Waals surface area (Å²) >= 11 is 0. The van der Waals surface area contributed by atoms with Crippen molar-refractivity contribution in [3.63, 3.8) is 0 Å². The number of nitrogens with one attached hydrogen (secondary N) is 1. The van der Waals surface area contributed by atoms with Gasteiger partial charge in [0.05, 0.1) is 19.3 Å². The Balaban J connectivity index is 1.65. The number of amides is 1. The third-order valence-electron chi connectivity index (χ3n) is 5.12. The molecule has 3 rings (SSSR count). The average molecular weight is 317 g/mol. The van der Waals surface area contributed by atoms with Gasteiger partial charge in [0.2, 0.25) is 5.91 Å². The van der Waals surface area contributed by atoms with E-state index in [-0.39, 0.29) is 17.9 Å². The van der Waals surface area contributed by atoms with Crippen LogP contribution >= 0.6 is 0 Å². The van der Waals surface area contributed by atoms with Gasteiger partial charge in [0.25, 0.3) is 0 Å². The molecule has 4 nitrogen and oxygen atoms in total. The van der Waals surface area contributed by atoms with Crippen molar-refractivity contribution in [2.45, 2.75) is 64.0 Å². The minimum absolute atomic E-state index is 0.0162. The molecule has 2 aliphatic carbocycles. The minimum atomic E-state index is -0.0162. The Morgan fingerprint density at radius 1 is 1.13 bits per heavy atom. The van der Waals surface area contributed by atoms with Crippen molar-refractivity contribution in [1.82, 2.24) is 5.32 Å². The van der Waals surface area contributed by atoms with Gasteiger partial charge >= 0.3 is 0 Å². The summed E-state index contributed by atoms with van der Waals surface area (Å²) in [5, 5.41) is 3.11. The Morgan fingerprint density at radius 3 is 2.48 bits per heavy atom. The summed E-state index contributed by atoms with van der Waals surface area (Å²) in [6.45, 7) is 2.02. The van der Waals surface area contributed by atoms with Crippen LogP contribution in [0.3, 0.4) is 0 Å². The maximum atomic E-state index is 12.1. The van der Waals surface area contributed by atoms with Gasteiger partial charge < -0.3 is 14.8 Å². The maximum Gasteiger partial charge on any atom is 0.223 e. The minimum Gasteiger partial charge on any atom is -0.493 e. The SMILES string of the molecule is COc1cc([C@H](C)NC(=O)C2CCC2)ccc1OC1CCCC1. The molecule has 1 amide bonds. The summed E-state index contributed by atoms with van der Waals surface area (Å²) < 4.78 is 11.6. The first-order valence-corrected chi connectivity index (χ1v) is 8.82. The van der Waals surface area contributed by atoms with Crippen molar-refractivity contribution >= 4 is 5.91 Å². The Hall–Kier alpha value is -1.71. The van der Waals surface area contributed by atoms with E-state index in [0.29, 0.717) is 6.10 Å². The summed E-state index contributed by atoms with van der Waals surface area (Å²) in [6, 6.07) is 5.96. The van der Waals surface area contributed by atoms with E-state index in [0.717, 1.165) is 42.7 Å². The summed E-state index contributed by atoms with van der Waals surface area (Å²) in [5.74, 6) is 1.94. The summed E-state index contributed by atoms with van der Waals surface area (Å²) in [4.78, 5) is 12.1. The molecule has 1 N–H and O–H groups in total. The smallest absolute Gasteiger partial charge is 0.223 e. The molecule has 2 saturated carbocycles. The molecule has 23 heavy (non-hydrogen) atoms. The molecule has 2 fully saturated rings. The number of benzene rings is 1. The second-order valence-electron chi connectivity index (χ2n) is 6.79. The fraction of sp³-hybridized carbons (Fsp3) is 0.632. The summed E-state index contributed by atoms with van der Waals surface area (Å²) in [7, 11) is 1.66. The molecule has 0 aliphatic heterocycles. The number of rotatable bonds is 6. The fourth-order valence-electron chi connectivity index (χ4n) is 3.32. The largest absolute Gasteiger partial charge is 0.493 e. The highest BCUT2D eigenvalue weighted by Crippen LogP contribution is 2.34. The van der Waals surface area contributed by atoms with E-state index in [9.17, 15) is 4.79 Å². The molecular formula is C19H27NO3. The van der Waals surface area contributed by atoms with Gasteiger partial charge in [0.15, 0.2) is 11.5 Å².